The van der Waals surface area contributed by atoms with E-state index in [0.29, 0.717) is 16.8 Å². The maximum Gasteiger partial charge on any atom is 0.175 e. The minimum atomic E-state index is -3.30. The van der Waals surface area contributed by atoms with Gasteiger partial charge in [0.1, 0.15) is 15.7 Å². The molecule has 126 valence electrons. The van der Waals surface area contributed by atoms with Crippen molar-refractivity contribution in [1.29, 1.82) is 0 Å². The third-order valence-corrected chi connectivity index (χ3v) is 5.48. The lowest BCUT2D eigenvalue weighted by atomic mass is 9.82. The SMILES string of the molecule is [B]c1nc(-c2ccc(C)nc2)c(-c2ccc(S(C)(=O)=O)cc2)c([B])c1Cl. The van der Waals surface area contributed by atoms with Crippen molar-refractivity contribution in [2.45, 2.75) is 11.8 Å². The molecule has 1 aromatic carbocycles. The molecule has 3 rings (SSSR count). The van der Waals surface area contributed by atoms with Gasteiger partial charge in [0, 0.05) is 39.9 Å². The molecular weight excluding hydrogens is 365 g/mol. The van der Waals surface area contributed by atoms with E-state index in [2.05, 4.69) is 9.97 Å². The quantitative estimate of drug-likeness (QED) is 0.652. The Bertz CT molecular complexity index is 1080. The molecule has 0 N–H and O–H groups in total. The minimum absolute atomic E-state index is 0.122. The fraction of sp³-hybridized carbons (Fsp3) is 0.111. The summed E-state index contributed by atoms with van der Waals surface area (Å²) in [4.78, 5) is 8.89. The monoisotopic (exact) mass is 378 g/mol. The topological polar surface area (TPSA) is 59.9 Å². The van der Waals surface area contributed by atoms with Crippen LogP contribution in [0.3, 0.4) is 0 Å². The highest BCUT2D eigenvalue weighted by atomic mass is 35.5. The summed E-state index contributed by atoms with van der Waals surface area (Å²) in [5.41, 5.74) is 3.78. The molecule has 0 spiro atoms. The number of hydrogen-bond donors (Lipinski definition) is 0. The Morgan fingerprint density at radius 2 is 1.62 bits per heavy atom. The Morgan fingerprint density at radius 3 is 2.15 bits per heavy atom. The van der Waals surface area contributed by atoms with Gasteiger partial charge in [0.15, 0.2) is 9.84 Å². The smallest absolute Gasteiger partial charge is 0.175 e. The first-order valence-corrected chi connectivity index (χ1v) is 9.93. The maximum absolute atomic E-state index is 11.7. The van der Waals surface area contributed by atoms with E-state index in [9.17, 15) is 8.42 Å². The molecule has 4 nitrogen and oxygen atoms in total. The molecule has 0 saturated carbocycles. The summed E-state index contributed by atoms with van der Waals surface area (Å²) in [5, 5.41) is 0.163. The van der Waals surface area contributed by atoms with Crippen LogP contribution >= 0.6 is 11.6 Å². The number of aromatic nitrogens is 2. The molecule has 0 unspecified atom stereocenters. The lowest BCUT2D eigenvalue weighted by Gasteiger charge is -2.17. The van der Waals surface area contributed by atoms with Crippen LogP contribution in [-0.4, -0.2) is 40.3 Å². The minimum Gasteiger partial charge on any atom is -0.262 e. The molecule has 0 fully saturated rings. The van der Waals surface area contributed by atoms with Gasteiger partial charge in [0.2, 0.25) is 0 Å². The molecule has 2 aromatic heterocycles. The number of sulfone groups is 1. The predicted molar refractivity (Wildman–Crippen MR) is 107 cm³/mol. The summed E-state index contributed by atoms with van der Waals surface area (Å²) in [6, 6.07) is 10.1. The summed E-state index contributed by atoms with van der Waals surface area (Å²) in [7, 11) is 8.81. The first-order valence-electron chi connectivity index (χ1n) is 7.66. The lowest BCUT2D eigenvalue weighted by molar-refractivity contribution is 0.602. The molecule has 0 aliphatic carbocycles. The number of halogens is 1. The fourth-order valence-electron chi connectivity index (χ4n) is 2.58. The van der Waals surface area contributed by atoms with E-state index in [-0.39, 0.29) is 21.0 Å². The van der Waals surface area contributed by atoms with Crippen LogP contribution in [0.2, 0.25) is 5.02 Å². The molecule has 0 bridgehead atoms. The third kappa shape index (κ3) is 3.55. The molecule has 8 heteroatoms. The zero-order valence-electron chi connectivity index (χ0n) is 14.2. The number of rotatable bonds is 3. The van der Waals surface area contributed by atoms with E-state index in [0.717, 1.165) is 17.5 Å². The summed E-state index contributed by atoms with van der Waals surface area (Å²) >= 11 is 6.20. The molecule has 0 aliphatic rings. The van der Waals surface area contributed by atoms with Crippen LogP contribution in [0.25, 0.3) is 22.4 Å². The van der Waals surface area contributed by atoms with E-state index in [1.54, 1.807) is 18.3 Å². The van der Waals surface area contributed by atoms with Crippen molar-refractivity contribution in [2.75, 3.05) is 6.26 Å². The van der Waals surface area contributed by atoms with E-state index < -0.39 is 9.84 Å². The van der Waals surface area contributed by atoms with Gasteiger partial charge in [-0.1, -0.05) is 29.2 Å². The van der Waals surface area contributed by atoms with Crippen molar-refractivity contribution < 1.29 is 8.42 Å². The molecule has 4 radical (unpaired) electrons. The highest BCUT2D eigenvalue weighted by Crippen LogP contribution is 2.30. The summed E-state index contributed by atoms with van der Waals surface area (Å²) in [5.74, 6) is 0. The predicted octanol–water partition coefficient (Wildman–Crippen LogP) is 1.76. The van der Waals surface area contributed by atoms with Crippen LogP contribution in [-0.2, 0) is 9.84 Å². The molecule has 0 aliphatic heterocycles. The first-order chi connectivity index (χ1) is 12.2. The van der Waals surface area contributed by atoms with Crippen molar-refractivity contribution in [2.24, 2.45) is 0 Å². The molecule has 0 amide bonds. The van der Waals surface area contributed by atoms with Gasteiger partial charge in [-0.15, -0.1) is 0 Å². The van der Waals surface area contributed by atoms with Crippen molar-refractivity contribution in [3.8, 4) is 22.4 Å². The van der Waals surface area contributed by atoms with Gasteiger partial charge in [0.25, 0.3) is 0 Å². The van der Waals surface area contributed by atoms with Crippen molar-refractivity contribution in [3.05, 3.63) is 53.3 Å². The highest BCUT2D eigenvalue weighted by molar-refractivity contribution is 7.90. The number of pyridine rings is 2. The normalized spacial score (nSPS) is 11.5. The van der Waals surface area contributed by atoms with Gasteiger partial charge in [-0.2, -0.15) is 0 Å². The van der Waals surface area contributed by atoms with Gasteiger partial charge in [0.05, 0.1) is 10.6 Å². The Balaban J connectivity index is 2.26. The van der Waals surface area contributed by atoms with Crippen molar-refractivity contribution in [1.82, 2.24) is 9.97 Å². The zero-order chi connectivity index (χ0) is 19.1. The Morgan fingerprint density at radius 1 is 1.00 bits per heavy atom. The molecule has 2 heterocycles. The standard InChI is InChI=1S/C18H13B2ClN2O2S/c1-10-3-4-12(9-22-10)17-14(15(19)16(21)18(20)23-17)11-5-7-13(8-6-11)26(2,24)25/h3-9H,1-2H3. The van der Waals surface area contributed by atoms with Crippen molar-refractivity contribution in [3.63, 3.8) is 0 Å². The zero-order valence-corrected chi connectivity index (χ0v) is 15.8. The summed E-state index contributed by atoms with van der Waals surface area (Å²) in [6.45, 7) is 1.88. The second kappa shape index (κ2) is 6.89. The second-order valence-electron chi connectivity index (χ2n) is 5.93. The van der Waals surface area contributed by atoms with E-state index in [1.807, 2.05) is 19.1 Å². The highest BCUT2D eigenvalue weighted by Gasteiger charge is 2.17. The maximum atomic E-state index is 11.7. The Kier molecular flexibility index (Phi) is 4.95. The van der Waals surface area contributed by atoms with Gasteiger partial charge < -0.3 is 0 Å². The number of benzene rings is 1. The van der Waals surface area contributed by atoms with Crippen LogP contribution in [0.1, 0.15) is 5.69 Å². The average Bonchev–Trinajstić information content (AvgIpc) is 2.59. The molecule has 3 aromatic rings. The van der Waals surface area contributed by atoms with E-state index in [1.165, 1.54) is 12.1 Å². The number of hydrogen-bond acceptors (Lipinski definition) is 4. The van der Waals surface area contributed by atoms with E-state index >= 15 is 0 Å². The summed E-state index contributed by atoms with van der Waals surface area (Å²) in [6.07, 6.45) is 2.83. The van der Waals surface area contributed by atoms with Gasteiger partial charge >= 0.3 is 0 Å². The lowest BCUT2D eigenvalue weighted by Crippen LogP contribution is -2.24. The fourth-order valence-corrected chi connectivity index (χ4v) is 3.35. The number of nitrogens with zero attached hydrogens (tertiary/aromatic N) is 2. The third-order valence-electron chi connectivity index (χ3n) is 3.96. The first kappa shape index (κ1) is 18.7. The van der Waals surface area contributed by atoms with Crippen LogP contribution in [0.15, 0.2) is 47.5 Å². The number of aryl methyl sites for hydroxylation is 1. The van der Waals surface area contributed by atoms with Crippen LogP contribution < -0.4 is 11.1 Å². The Hall–Kier alpha value is -2.11. The van der Waals surface area contributed by atoms with E-state index in [4.69, 9.17) is 27.3 Å². The van der Waals surface area contributed by atoms with Gasteiger partial charge in [-0.25, -0.2) is 8.42 Å². The van der Waals surface area contributed by atoms with Crippen LogP contribution in [0, 0.1) is 6.92 Å². The van der Waals surface area contributed by atoms with Gasteiger partial charge in [-0.05, 0) is 36.8 Å². The van der Waals surface area contributed by atoms with Gasteiger partial charge in [-0.3, -0.25) is 9.97 Å². The largest absolute Gasteiger partial charge is 0.262 e. The van der Waals surface area contributed by atoms with Crippen molar-refractivity contribution >= 4 is 48.2 Å². The van der Waals surface area contributed by atoms with Crippen LogP contribution in [0.5, 0.6) is 0 Å². The Labute approximate surface area is 160 Å². The second-order valence-corrected chi connectivity index (χ2v) is 8.33. The molecule has 0 atom stereocenters. The van der Waals surface area contributed by atoms with Crippen LogP contribution in [0.4, 0.5) is 0 Å². The average molecular weight is 378 g/mol. The molecule has 0 saturated heterocycles. The molecule has 26 heavy (non-hydrogen) atoms. The molecular formula is C18H13B2ClN2O2S. The summed E-state index contributed by atoms with van der Waals surface area (Å²) < 4.78 is 23.4.